The molecule has 0 amide bonds. The number of nitrogens with zero attached hydrogens (tertiary/aromatic N) is 1. The molecule has 0 aliphatic carbocycles. The molecule has 1 N–H and O–H groups in total. The standard InChI is InChI=1S/C15H23FN2/c16-15-7-5-14(6-8-15)4-2-1-3-11-18-12-9-17-10-13-18/h5-8,17H,1-4,9-13H2. The van der Waals surface area contributed by atoms with Gasteiger partial charge in [-0.2, -0.15) is 0 Å². The summed E-state index contributed by atoms with van der Waals surface area (Å²) in [5.74, 6) is -0.141. The lowest BCUT2D eigenvalue weighted by Crippen LogP contribution is -2.43. The highest BCUT2D eigenvalue weighted by Gasteiger charge is 2.07. The van der Waals surface area contributed by atoms with Crippen LogP contribution in [0.5, 0.6) is 0 Å². The van der Waals surface area contributed by atoms with Crippen molar-refractivity contribution in [1.82, 2.24) is 10.2 Å². The van der Waals surface area contributed by atoms with Gasteiger partial charge in [-0.1, -0.05) is 18.6 Å². The zero-order valence-electron chi connectivity index (χ0n) is 11.0. The molecule has 2 rings (SSSR count). The van der Waals surface area contributed by atoms with Gasteiger partial charge in [0.1, 0.15) is 5.82 Å². The smallest absolute Gasteiger partial charge is 0.123 e. The van der Waals surface area contributed by atoms with Crippen molar-refractivity contribution in [3.05, 3.63) is 35.6 Å². The molecule has 1 aromatic rings. The molecule has 1 heterocycles. The summed E-state index contributed by atoms with van der Waals surface area (Å²) < 4.78 is 12.7. The number of halogens is 1. The third-order valence-electron chi connectivity index (χ3n) is 3.56. The van der Waals surface area contributed by atoms with Gasteiger partial charge in [-0.15, -0.1) is 0 Å². The molecule has 3 heteroatoms. The molecule has 0 spiro atoms. The molecule has 1 aromatic carbocycles. The first kappa shape index (κ1) is 13.5. The quantitative estimate of drug-likeness (QED) is 0.780. The van der Waals surface area contributed by atoms with Crippen molar-refractivity contribution in [3.63, 3.8) is 0 Å². The number of unbranched alkanes of at least 4 members (excludes halogenated alkanes) is 2. The molecule has 1 aliphatic rings. The molecule has 0 radical (unpaired) electrons. The van der Waals surface area contributed by atoms with Gasteiger partial charge in [-0.25, -0.2) is 4.39 Å². The summed E-state index contributed by atoms with van der Waals surface area (Å²) in [5.41, 5.74) is 1.25. The summed E-state index contributed by atoms with van der Waals surface area (Å²) in [6, 6.07) is 6.89. The summed E-state index contributed by atoms with van der Waals surface area (Å²) >= 11 is 0. The van der Waals surface area contributed by atoms with Gasteiger partial charge in [-0.3, -0.25) is 0 Å². The number of nitrogens with one attached hydrogen (secondary N) is 1. The first-order valence-electron chi connectivity index (χ1n) is 7.02. The molecular weight excluding hydrogens is 227 g/mol. The minimum atomic E-state index is -0.141. The van der Waals surface area contributed by atoms with Crippen LogP contribution in [0.3, 0.4) is 0 Å². The molecule has 1 aliphatic heterocycles. The van der Waals surface area contributed by atoms with Crippen molar-refractivity contribution in [2.45, 2.75) is 25.7 Å². The number of hydrogen-bond acceptors (Lipinski definition) is 2. The van der Waals surface area contributed by atoms with Gasteiger partial charge in [-0.05, 0) is 43.5 Å². The number of hydrogen-bond donors (Lipinski definition) is 1. The Bertz CT molecular complexity index is 331. The molecule has 0 bridgehead atoms. The van der Waals surface area contributed by atoms with Gasteiger partial charge < -0.3 is 10.2 Å². The highest BCUT2D eigenvalue weighted by Crippen LogP contribution is 2.08. The monoisotopic (exact) mass is 250 g/mol. The van der Waals surface area contributed by atoms with Crippen LogP contribution in [0, 0.1) is 5.82 Å². The number of piperazine rings is 1. The lowest BCUT2D eigenvalue weighted by molar-refractivity contribution is 0.236. The Hall–Kier alpha value is -0.930. The van der Waals surface area contributed by atoms with E-state index in [1.165, 1.54) is 44.5 Å². The van der Waals surface area contributed by atoms with E-state index in [2.05, 4.69) is 10.2 Å². The second kappa shape index (κ2) is 7.49. The molecule has 1 fully saturated rings. The Kier molecular flexibility index (Phi) is 5.62. The van der Waals surface area contributed by atoms with Crippen LogP contribution >= 0.6 is 0 Å². The summed E-state index contributed by atoms with van der Waals surface area (Å²) in [6.45, 7) is 5.88. The SMILES string of the molecule is Fc1ccc(CCCCCN2CCNCC2)cc1. The van der Waals surface area contributed by atoms with Gasteiger partial charge in [0.05, 0.1) is 0 Å². The van der Waals surface area contributed by atoms with E-state index in [-0.39, 0.29) is 5.82 Å². The lowest BCUT2D eigenvalue weighted by Gasteiger charge is -2.27. The van der Waals surface area contributed by atoms with E-state index >= 15 is 0 Å². The minimum Gasteiger partial charge on any atom is -0.314 e. The zero-order chi connectivity index (χ0) is 12.6. The molecule has 0 unspecified atom stereocenters. The van der Waals surface area contributed by atoms with E-state index in [0.29, 0.717) is 0 Å². The van der Waals surface area contributed by atoms with Crippen LogP contribution in [0.2, 0.25) is 0 Å². The van der Waals surface area contributed by atoms with Crippen LogP contribution in [-0.4, -0.2) is 37.6 Å². The molecule has 1 saturated heterocycles. The summed E-state index contributed by atoms with van der Waals surface area (Å²) in [4.78, 5) is 2.54. The predicted octanol–water partition coefficient (Wildman–Crippen LogP) is 2.44. The average molecular weight is 250 g/mol. The topological polar surface area (TPSA) is 15.3 Å². The highest BCUT2D eigenvalue weighted by atomic mass is 19.1. The fourth-order valence-corrected chi connectivity index (χ4v) is 2.43. The Morgan fingerprint density at radius 1 is 1.00 bits per heavy atom. The largest absolute Gasteiger partial charge is 0.314 e. The van der Waals surface area contributed by atoms with E-state index in [1.807, 2.05) is 12.1 Å². The number of benzene rings is 1. The van der Waals surface area contributed by atoms with E-state index < -0.39 is 0 Å². The van der Waals surface area contributed by atoms with Crippen molar-refractivity contribution in [3.8, 4) is 0 Å². The summed E-state index contributed by atoms with van der Waals surface area (Å²) in [5, 5.41) is 3.37. The van der Waals surface area contributed by atoms with Gasteiger partial charge in [0.15, 0.2) is 0 Å². The minimum absolute atomic E-state index is 0.141. The molecule has 2 nitrogen and oxygen atoms in total. The molecule has 0 atom stereocenters. The molecule has 0 saturated carbocycles. The van der Waals surface area contributed by atoms with E-state index in [1.54, 1.807) is 12.1 Å². The van der Waals surface area contributed by atoms with Gasteiger partial charge in [0.25, 0.3) is 0 Å². The Morgan fingerprint density at radius 2 is 1.72 bits per heavy atom. The van der Waals surface area contributed by atoms with Crippen molar-refractivity contribution < 1.29 is 4.39 Å². The van der Waals surface area contributed by atoms with Crippen LogP contribution in [0.25, 0.3) is 0 Å². The van der Waals surface area contributed by atoms with E-state index in [0.717, 1.165) is 19.5 Å². The van der Waals surface area contributed by atoms with Crippen LogP contribution < -0.4 is 5.32 Å². The molecule has 0 aromatic heterocycles. The second-order valence-corrected chi connectivity index (χ2v) is 5.03. The Morgan fingerprint density at radius 3 is 2.44 bits per heavy atom. The fourth-order valence-electron chi connectivity index (χ4n) is 2.43. The van der Waals surface area contributed by atoms with Crippen molar-refractivity contribution in [2.75, 3.05) is 32.7 Å². The maximum Gasteiger partial charge on any atom is 0.123 e. The van der Waals surface area contributed by atoms with Crippen molar-refractivity contribution in [1.29, 1.82) is 0 Å². The number of rotatable bonds is 6. The van der Waals surface area contributed by atoms with Crippen molar-refractivity contribution in [2.24, 2.45) is 0 Å². The van der Waals surface area contributed by atoms with Gasteiger partial charge in [0, 0.05) is 26.2 Å². The number of aryl methyl sites for hydroxylation is 1. The normalized spacial score (nSPS) is 16.9. The first-order chi connectivity index (χ1) is 8.84. The first-order valence-corrected chi connectivity index (χ1v) is 7.02. The summed E-state index contributed by atoms with van der Waals surface area (Å²) in [6.07, 6.45) is 4.82. The maximum absolute atomic E-state index is 12.7. The zero-order valence-corrected chi connectivity index (χ0v) is 11.0. The van der Waals surface area contributed by atoms with Crippen LogP contribution in [0.15, 0.2) is 24.3 Å². The molecular formula is C15H23FN2. The molecule has 100 valence electrons. The van der Waals surface area contributed by atoms with E-state index in [4.69, 9.17) is 0 Å². The third kappa shape index (κ3) is 4.75. The summed E-state index contributed by atoms with van der Waals surface area (Å²) in [7, 11) is 0. The van der Waals surface area contributed by atoms with Crippen LogP contribution in [0.1, 0.15) is 24.8 Å². The van der Waals surface area contributed by atoms with Gasteiger partial charge in [0.2, 0.25) is 0 Å². The highest BCUT2D eigenvalue weighted by molar-refractivity contribution is 5.15. The Balaban J connectivity index is 1.54. The third-order valence-corrected chi connectivity index (χ3v) is 3.56. The lowest BCUT2D eigenvalue weighted by atomic mass is 10.1. The Labute approximate surface area is 109 Å². The van der Waals surface area contributed by atoms with Gasteiger partial charge >= 0.3 is 0 Å². The van der Waals surface area contributed by atoms with E-state index in [9.17, 15) is 4.39 Å². The fraction of sp³-hybridized carbons (Fsp3) is 0.600. The average Bonchev–Trinajstić information content (AvgIpc) is 2.42. The maximum atomic E-state index is 12.7. The van der Waals surface area contributed by atoms with Crippen molar-refractivity contribution >= 4 is 0 Å². The molecule has 18 heavy (non-hydrogen) atoms. The second-order valence-electron chi connectivity index (χ2n) is 5.03. The van der Waals surface area contributed by atoms with Crippen LogP contribution in [-0.2, 0) is 6.42 Å². The van der Waals surface area contributed by atoms with Crippen LogP contribution in [0.4, 0.5) is 4.39 Å². The predicted molar refractivity (Wildman–Crippen MR) is 73.3 cm³/mol.